The molecule has 0 spiro atoms. The molecule has 0 amide bonds. The van der Waals surface area contributed by atoms with E-state index in [0.29, 0.717) is 5.70 Å². The molecule has 0 fully saturated rings. The van der Waals surface area contributed by atoms with Gasteiger partial charge in [-0.25, -0.2) is 0 Å². The summed E-state index contributed by atoms with van der Waals surface area (Å²) in [6, 6.07) is 2.17. The van der Waals surface area contributed by atoms with E-state index in [2.05, 4.69) is 6.07 Å². The molecule has 0 bridgehead atoms. The van der Waals surface area contributed by atoms with Gasteiger partial charge in [0.05, 0.1) is 11.5 Å². The highest BCUT2D eigenvalue weighted by Gasteiger charge is 2.17. The van der Waals surface area contributed by atoms with Gasteiger partial charge in [0.25, 0.3) is 0 Å². The van der Waals surface area contributed by atoms with E-state index in [-0.39, 0.29) is 0 Å². The molecule has 11 heavy (non-hydrogen) atoms. The molecule has 1 rings (SSSR count). The van der Waals surface area contributed by atoms with E-state index >= 15 is 0 Å². The number of hydrogen-bond acceptors (Lipinski definition) is 2. The van der Waals surface area contributed by atoms with Crippen molar-refractivity contribution >= 4 is 0 Å². The molecule has 0 heterocycles. The predicted molar refractivity (Wildman–Crippen MR) is 44.3 cm³/mol. The molecule has 0 aromatic rings. The Morgan fingerprint density at radius 1 is 1.55 bits per heavy atom. The molecule has 2 N–H and O–H groups in total. The first kappa shape index (κ1) is 7.62. The van der Waals surface area contributed by atoms with Crippen LogP contribution in [0, 0.1) is 16.7 Å². The van der Waals surface area contributed by atoms with Crippen molar-refractivity contribution in [2.45, 2.75) is 6.92 Å². The van der Waals surface area contributed by atoms with Gasteiger partial charge in [-0.3, -0.25) is 0 Å². The van der Waals surface area contributed by atoms with E-state index in [1.54, 1.807) is 12.2 Å². The lowest BCUT2D eigenvalue weighted by molar-refractivity contribution is 0.731. The zero-order valence-corrected chi connectivity index (χ0v) is 6.41. The van der Waals surface area contributed by atoms with E-state index in [0.717, 1.165) is 0 Å². The fourth-order valence-electron chi connectivity index (χ4n) is 0.934. The summed E-state index contributed by atoms with van der Waals surface area (Å²) in [6.45, 7) is 1.82. The van der Waals surface area contributed by atoms with Crippen molar-refractivity contribution in [2.75, 3.05) is 0 Å². The zero-order valence-electron chi connectivity index (χ0n) is 6.41. The van der Waals surface area contributed by atoms with Gasteiger partial charge < -0.3 is 5.73 Å². The first-order valence-corrected chi connectivity index (χ1v) is 3.42. The Labute approximate surface area is 66.3 Å². The third kappa shape index (κ3) is 1.71. The minimum atomic E-state index is -0.548. The highest BCUT2D eigenvalue weighted by Crippen LogP contribution is 2.21. The minimum absolute atomic E-state index is 0.548. The standard InChI is InChI=1S/C9H10N2/c1-9(7-10)5-3-2-4-8(11)6-9/h2-6H,11H2,1H3. The molecule has 1 aliphatic rings. The number of allylic oxidation sites excluding steroid dienone is 5. The molecule has 0 aromatic heterocycles. The molecule has 1 aliphatic carbocycles. The van der Waals surface area contributed by atoms with Crippen molar-refractivity contribution < 1.29 is 0 Å². The molecule has 0 radical (unpaired) electrons. The van der Waals surface area contributed by atoms with Gasteiger partial charge in [-0.15, -0.1) is 0 Å². The Hall–Kier alpha value is -1.49. The molecule has 0 saturated carbocycles. The molecule has 56 valence electrons. The van der Waals surface area contributed by atoms with Crippen LogP contribution in [0.4, 0.5) is 0 Å². The Bertz CT molecular complexity index is 278. The van der Waals surface area contributed by atoms with Crippen LogP contribution in [0.2, 0.25) is 0 Å². The van der Waals surface area contributed by atoms with Crippen molar-refractivity contribution in [3.05, 3.63) is 36.1 Å². The van der Waals surface area contributed by atoms with Crippen LogP contribution in [0.15, 0.2) is 36.1 Å². The number of nitriles is 1. The van der Waals surface area contributed by atoms with Crippen molar-refractivity contribution in [2.24, 2.45) is 11.1 Å². The van der Waals surface area contributed by atoms with Crippen LogP contribution < -0.4 is 5.73 Å². The lowest BCUT2D eigenvalue weighted by Crippen LogP contribution is -2.08. The maximum absolute atomic E-state index is 8.76. The summed E-state index contributed by atoms with van der Waals surface area (Å²) in [6.07, 6.45) is 9.00. The number of nitrogens with two attached hydrogens (primary N) is 1. The van der Waals surface area contributed by atoms with E-state index in [9.17, 15) is 0 Å². The monoisotopic (exact) mass is 146 g/mol. The number of rotatable bonds is 0. The quantitative estimate of drug-likeness (QED) is 0.562. The Morgan fingerprint density at radius 3 is 2.91 bits per heavy atom. The molecule has 1 unspecified atom stereocenters. The van der Waals surface area contributed by atoms with Crippen LogP contribution in [0.3, 0.4) is 0 Å². The average Bonchev–Trinajstić information content (AvgIpc) is 2.13. The lowest BCUT2D eigenvalue weighted by atomic mass is 9.92. The Balaban J connectivity index is 3.05. The summed E-state index contributed by atoms with van der Waals surface area (Å²) >= 11 is 0. The van der Waals surface area contributed by atoms with Crippen LogP contribution in [0.1, 0.15) is 6.92 Å². The van der Waals surface area contributed by atoms with E-state index in [1.165, 1.54) is 0 Å². The van der Waals surface area contributed by atoms with Gasteiger partial charge >= 0.3 is 0 Å². The van der Waals surface area contributed by atoms with Gasteiger partial charge in [0.2, 0.25) is 0 Å². The number of nitrogens with zero attached hydrogens (tertiary/aromatic N) is 1. The molecular formula is C9H10N2. The summed E-state index contributed by atoms with van der Waals surface area (Å²) in [7, 11) is 0. The summed E-state index contributed by atoms with van der Waals surface area (Å²) in [5.74, 6) is 0. The smallest absolute Gasteiger partial charge is 0.0931 e. The predicted octanol–water partition coefficient (Wildman–Crippen LogP) is 1.48. The maximum Gasteiger partial charge on any atom is 0.0931 e. The highest BCUT2D eigenvalue weighted by molar-refractivity contribution is 5.33. The summed E-state index contributed by atoms with van der Waals surface area (Å²) in [5.41, 5.74) is 5.66. The molecule has 2 nitrogen and oxygen atoms in total. The Kier molecular flexibility index (Phi) is 1.82. The largest absolute Gasteiger partial charge is 0.399 e. The highest BCUT2D eigenvalue weighted by atomic mass is 14.6. The third-order valence-corrected chi connectivity index (χ3v) is 1.55. The lowest BCUT2D eigenvalue weighted by Gasteiger charge is -2.09. The van der Waals surface area contributed by atoms with E-state index < -0.39 is 5.41 Å². The van der Waals surface area contributed by atoms with E-state index in [4.69, 9.17) is 11.0 Å². The van der Waals surface area contributed by atoms with Gasteiger partial charge in [0.15, 0.2) is 0 Å². The molecule has 0 aromatic carbocycles. The van der Waals surface area contributed by atoms with E-state index in [1.807, 2.05) is 25.2 Å². The zero-order chi connectivity index (χ0) is 8.32. The van der Waals surface area contributed by atoms with Gasteiger partial charge in [-0.1, -0.05) is 18.2 Å². The first-order chi connectivity index (χ1) is 5.16. The van der Waals surface area contributed by atoms with Crippen LogP contribution in [0.25, 0.3) is 0 Å². The van der Waals surface area contributed by atoms with Crippen molar-refractivity contribution in [1.82, 2.24) is 0 Å². The van der Waals surface area contributed by atoms with Crippen molar-refractivity contribution in [3.63, 3.8) is 0 Å². The third-order valence-electron chi connectivity index (χ3n) is 1.55. The summed E-state index contributed by atoms with van der Waals surface area (Å²) in [5, 5.41) is 8.76. The fraction of sp³-hybridized carbons (Fsp3) is 0.222. The number of hydrogen-bond donors (Lipinski definition) is 1. The van der Waals surface area contributed by atoms with Crippen LogP contribution >= 0.6 is 0 Å². The molecule has 0 saturated heterocycles. The molecule has 1 atom stereocenters. The van der Waals surface area contributed by atoms with Gasteiger partial charge in [-0.2, -0.15) is 5.26 Å². The first-order valence-electron chi connectivity index (χ1n) is 3.42. The summed E-state index contributed by atoms with van der Waals surface area (Å²) in [4.78, 5) is 0. The van der Waals surface area contributed by atoms with Crippen LogP contribution in [-0.4, -0.2) is 0 Å². The Morgan fingerprint density at radius 2 is 2.27 bits per heavy atom. The second-order valence-corrected chi connectivity index (χ2v) is 2.76. The second kappa shape index (κ2) is 2.63. The average molecular weight is 146 g/mol. The van der Waals surface area contributed by atoms with Crippen LogP contribution in [-0.2, 0) is 0 Å². The molecule has 0 aliphatic heterocycles. The van der Waals surface area contributed by atoms with Gasteiger partial charge in [0, 0.05) is 5.70 Å². The molecular weight excluding hydrogens is 136 g/mol. The van der Waals surface area contributed by atoms with Crippen molar-refractivity contribution in [3.8, 4) is 6.07 Å². The fourth-order valence-corrected chi connectivity index (χ4v) is 0.934. The molecule has 2 heteroatoms. The minimum Gasteiger partial charge on any atom is -0.399 e. The SMILES string of the molecule is CC1(C#N)C=CC=CC(N)=C1. The summed E-state index contributed by atoms with van der Waals surface area (Å²) < 4.78 is 0. The van der Waals surface area contributed by atoms with Crippen molar-refractivity contribution in [1.29, 1.82) is 5.26 Å². The topological polar surface area (TPSA) is 49.8 Å². The van der Waals surface area contributed by atoms with Gasteiger partial charge in [0.1, 0.15) is 0 Å². The maximum atomic E-state index is 8.76. The van der Waals surface area contributed by atoms with Crippen LogP contribution in [0.5, 0.6) is 0 Å². The normalized spacial score (nSPS) is 28.9. The van der Waals surface area contributed by atoms with Gasteiger partial charge in [-0.05, 0) is 19.1 Å². The second-order valence-electron chi connectivity index (χ2n) is 2.76.